The molecule has 7 heteroatoms. The minimum atomic E-state index is -0.371. The Morgan fingerprint density at radius 2 is 1.52 bits per heavy atom. The van der Waals surface area contributed by atoms with Gasteiger partial charge in [0.05, 0.1) is 29.7 Å². The van der Waals surface area contributed by atoms with E-state index in [0.29, 0.717) is 30.7 Å². The molecule has 0 aromatic heterocycles. The van der Waals surface area contributed by atoms with Crippen LogP contribution in [0, 0.1) is 11.8 Å². The predicted octanol–water partition coefficient (Wildman–Crippen LogP) is 5.24. The minimum absolute atomic E-state index is 0.147. The summed E-state index contributed by atoms with van der Waals surface area (Å²) in [7, 11) is 0. The Balaban J connectivity index is 1.59. The van der Waals surface area contributed by atoms with Crippen molar-refractivity contribution in [2.75, 3.05) is 11.5 Å². The summed E-state index contributed by atoms with van der Waals surface area (Å²) in [5.74, 6) is -1.22. The van der Waals surface area contributed by atoms with Crippen LogP contribution in [0.2, 0.25) is 0 Å². The van der Waals surface area contributed by atoms with Gasteiger partial charge >= 0.3 is 5.97 Å². The number of anilines is 1. The molecular weight excluding hydrogens is 502 g/mol. The number of hydrogen-bond acceptors (Lipinski definition) is 4. The molecule has 1 aromatic carbocycles. The highest BCUT2D eigenvalue weighted by Gasteiger charge is 2.52. The summed E-state index contributed by atoms with van der Waals surface area (Å²) in [6, 6.07) is 6.56. The van der Waals surface area contributed by atoms with E-state index < -0.39 is 0 Å². The predicted molar refractivity (Wildman–Crippen MR) is 120 cm³/mol. The van der Waals surface area contributed by atoms with Gasteiger partial charge < -0.3 is 4.74 Å². The maximum absolute atomic E-state index is 12.8. The van der Waals surface area contributed by atoms with Crippen molar-refractivity contribution in [2.24, 2.45) is 11.8 Å². The van der Waals surface area contributed by atoms with Gasteiger partial charge in [-0.15, -0.1) is 0 Å². The maximum Gasteiger partial charge on any atom is 0.338 e. The molecule has 0 N–H and O–H groups in total. The van der Waals surface area contributed by atoms with Gasteiger partial charge in [-0.3, -0.25) is 14.5 Å². The van der Waals surface area contributed by atoms with Crippen molar-refractivity contribution >= 4 is 55.3 Å². The van der Waals surface area contributed by atoms with E-state index >= 15 is 0 Å². The van der Waals surface area contributed by atoms with Gasteiger partial charge in [0, 0.05) is 9.65 Å². The van der Waals surface area contributed by atoms with Crippen LogP contribution in [0.1, 0.15) is 62.2 Å². The number of carbonyl (C=O) groups excluding carboxylic acids is 3. The number of fused-ring (bicyclic) bond motifs is 1. The number of esters is 1. The maximum atomic E-state index is 12.8. The molecular formula is C22H27Br2NO4. The first kappa shape index (κ1) is 22.5. The van der Waals surface area contributed by atoms with Gasteiger partial charge in [0.1, 0.15) is 0 Å². The highest BCUT2D eigenvalue weighted by molar-refractivity contribution is 9.12. The van der Waals surface area contributed by atoms with Crippen molar-refractivity contribution in [3.8, 4) is 0 Å². The fourth-order valence-electron chi connectivity index (χ4n) is 4.05. The number of unbranched alkanes of at least 4 members (excludes halogenated alkanes) is 4. The molecule has 29 heavy (non-hydrogen) atoms. The lowest BCUT2D eigenvalue weighted by Crippen LogP contribution is -2.34. The molecule has 2 fully saturated rings. The molecule has 4 unspecified atom stereocenters. The second-order valence-electron chi connectivity index (χ2n) is 7.83. The van der Waals surface area contributed by atoms with E-state index in [1.54, 1.807) is 24.3 Å². The smallest absolute Gasteiger partial charge is 0.338 e. The number of ether oxygens (including phenoxy) is 1. The molecule has 0 spiro atoms. The van der Waals surface area contributed by atoms with Crippen LogP contribution in [0.25, 0.3) is 0 Å². The third kappa shape index (κ3) is 5.10. The highest BCUT2D eigenvalue weighted by Crippen LogP contribution is 2.44. The van der Waals surface area contributed by atoms with Crippen LogP contribution in [-0.4, -0.2) is 34.0 Å². The van der Waals surface area contributed by atoms with Crippen LogP contribution < -0.4 is 4.90 Å². The first-order chi connectivity index (χ1) is 13.9. The number of imide groups is 1. The number of nitrogens with zero attached hydrogens (tertiary/aromatic N) is 1. The van der Waals surface area contributed by atoms with E-state index in [-0.39, 0.29) is 39.3 Å². The average molecular weight is 529 g/mol. The fourth-order valence-corrected chi connectivity index (χ4v) is 5.29. The van der Waals surface area contributed by atoms with E-state index in [1.807, 2.05) is 0 Å². The number of rotatable bonds is 8. The van der Waals surface area contributed by atoms with Crippen LogP contribution in [-0.2, 0) is 14.3 Å². The Kier molecular flexibility index (Phi) is 7.91. The fraction of sp³-hybridized carbons (Fsp3) is 0.591. The Morgan fingerprint density at radius 1 is 0.966 bits per heavy atom. The summed E-state index contributed by atoms with van der Waals surface area (Å²) in [5, 5.41) is 0. The summed E-state index contributed by atoms with van der Waals surface area (Å²) >= 11 is 7.19. The molecule has 5 nitrogen and oxygen atoms in total. The average Bonchev–Trinajstić information content (AvgIpc) is 2.95. The van der Waals surface area contributed by atoms with Gasteiger partial charge in [-0.2, -0.15) is 0 Å². The molecule has 1 saturated carbocycles. The summed E-state index contributed by atoms with van der Waals surface area (Å²) in [6.07, 6.45) is 6.77. The SMILES string of the molecule is CCCCCCCOC(=O)c1ccc(N2C(=O)C3CC(Br)C(Br)CC3C2=O)cc1. The third-order valence-electron chi connectivity index (χ3n) is 5.75. The monoisotopic (exact) mass is 527 g/mol. The zero-order valence-corrected chi connectivity index (χ0v) is 19.8. The largest absolute Gasteiger partial charge is 0.462 e. The lowest BCUT2D eigenvalue weighted by Gasteiger charge is -2.29. The number of halogens is 2. The molecule has 0 radical (unpaired) electrons. The Hall–Kier alpha value is -1.21. The van der Waals surface area contributed by atoms with Crippen molar-refractivity contribution < 1.29 is 19.1 Å². The first-order valence-corrected chi connectivity index (χ1v) is 12.2. The molecule has 2 aliphatic rings. The molecule has 4 atom stereocenters. The Labute approximate surface area is 188 Å². The molecule has 1 aliphatic heterocycles. The molecule has 3 rings (SSSR count). The second-order valence-corrected chi connectivity index (χ2v) is 10.2. The van der Waals surface area contributed by atoms with Gasteiger partial charge in [-0.1, -0.05) is 64.5 Å². The van der Waals surface area contributed by atoms with Gasteiger partial charge in [0.15, 0.2) is 0 Å². The van der Waals surface area contributed by atoms with E-state index in [1.165, 1.54) is 17.7 Å². The number of carbonyl (C=O) groups is 3. The summed E-state index contributed by atoms with van der Waals surface area (Å²) in [6.45, 7) is 2.58. The standard InChI is InChI=1S/C22H27Br2NO4/c1-2-3-4-5-6-11-29-22(28)14-7-9-15(10-8-14)25-20(26)16-12-18(23)19(24)13-17(16)21(25)27/h7-10,16-19H,2-6,11-13H2,1H3. The summed E-state index contributed by atoms with van der Waals surface area (Å²) in [4.78, 5) is 39.5. The molecule has 1 aromatic rings. The molecule has 1 aliphatic carbocycles. The molecule has 0 bridgehead atoms. The number of hydrogen-bond donors (Lipinski definition) is 0. The quantitative estimate of drug-likeness (QED) is 0.200. The lowest BCUT2D eigenvalue weighted by atomic mass is 9.81. The van der Waals surface area contributed by atoms with E-state index in [0.717, 1.165) is 19.3 Å². The molecule has 158 valence electrons. The molecule has 1 heterocycles. The van der Waals surface area contributed by atoms with Gasteiger partial charge in [-0.25, -0.2) is 4.79 Å². The van der Waals surface area contributed by atoms with Gasteiger partial charge in [-0.05, 0) is 43.5 Å². The topological polar surface area (TPSA) is 63.7 Å². The van der Waals surface area contributed by atoms with Crippen LogP contribution in [0.4, 0.5) is 5.69 Å². The van der Waals surface area contributed by atoms with Gasteiger partial charge in [0.25, 0.3) is 0 Å². The normalized spacial score (nSPS) is 26.5. The van der Waals surface area contributed by atoms with E-state index in [2.05, 4.69) is 38.8 Å². The minimum Gasteiger partial charge on any atom is -0.462 e. The Morgan fingerprint density at radius 3 is 2.07 bits per heavy atom. The van der Waals surface area contributed by atoms with E-state index in [9.17, 15) is 14.4 Å². The number of alkyl halides is 2. The number of benzene rings is 1. The van der Waals surface area contributed by atoms with Crippen molar-refractivity contribution in [3.63, 3.8) is 0 Å². The molecule has 1 saturated heterocycles. The van der Waals surface area contributed by atoms with Crippen LogP contribution in [0.5, 0.6) is 0 Å². The van der Waals surface area contributed by atoms with Crippen molar-refractivity contribution in [3.05, 3.63) is 29.8 Å². The van der Waals surface area contributed by atoms with Gasteiger partial charge in [0.2, 0.25) is 11.8 Å². The van der Waals surface area contributed by atoms with Crippen LogP contribution >= 0.6 is 31.9 Å². The first-order valence-electron chi connectivity index (χ1n) is 10.4. The van der Waals surface area contributed by atoms with Crippen LogP contribution in [0.15, 0.2) is 24.3 Å². The second kappa shape index (κ2) is 10.2. The summed E-state index contributed by atoms with van der Waals surface area (Å²) < 4.78 is 5.32. The summed E-state index contributed by atoms with van der Waals surface area (Å²) in [5.41, 5.74) is 0.947. The molecule has 2 amide bonds. The van der Waals surface area contributed by atoms with Crippen LogP contribution in [0.3, 0.4) is 0 Å². The zero-order chi connectivity index (χ0) is 21.0. The third-order valence-corrected chi connectivity index (χ3v) is 8.49. The highest BCUT2D eigenvalue weighted by atomic mass is 79.9. The van der Waals surface area contributed by atoms with E-state index in [4.69, 9.17) is 4.74 Å². The van der Waals surface area contributed by atoms with Crippen molar-refractivity contribution in [1.82, 2.24) is 0 Å². The van der Waals surface area contributed by atoms with Crippen molar-refractivity contribution in [2.45, 2.75) is 61.5 Å². The lowest BCUT2D eigenvalue weighted by molar-refractivity contribution is -0.122. The number of amides is 2. The zero-order valence-electron chi connectivity index (χ0n) is 16.6. The van der Waals surface area contributed by atoms with Crippen molar-refractivity contribution in [1.29, 1.82) is 0 Å². The Bertz CT molecular complexity index is 724.